The molecule has 0 unspecified atom stereocenters. The van der Waals surface area contributed by atoms with Gasteiger partial charge in [0.05, 0.1) is 24.6 Å². The van der Waals surface area contributed by atoms with Gasteiger partial charge in [-0.3, -0.25) is 19.3 Å². The molecule has 1 N–H and O–H groups in total. The van der Waals surface area contributed by atoms with Crippen molar-refractivity contribution in [1.82, 2.24) is 4.90 Å². The summed E-state index contributed by atoms with van der Waals surface area (Å²) in [6.45, 7) is 6.49. The summed E-state index contributed by atoms with van der Waals surface area (Å²) in [5.74, 6) is -1.86. The van der Waals surface area contributed by atoms with E-state index < -0.39 is 17.4 Å². The number of hydrogen-bond acceptors (Lipinski definition) is 5. The van der Waals surface area contributed by atoms with Crippen molar-refractivity contribution in [2.75, 3.05) is 23.9 Å². The van der Waals surface area contributed by atoms with Gasteiger partial charge < -0.3 is 10.1 Å². The summed E-state index contributed by atoms with van der Waals surface area (Å²) in [6.07, 6.45) is 1.66. The number of anilines is 2. The average Bonchev–Trinajstić information content (AvgIpc) is 3.51. The maximum Gasteiger partial charge on any atom is 0.250 e. The van der Waals surface area contributed by atoms with Crippen LogP contribution in [0.15, 0.2) is 24.3 Å². The molecule has 0 bridgehead atoms. The number of carbonyl (C=O) groups excluding carboxylic acids is 3. The molecule has 34 heavy (non-hydrogen) atoms. The first-order chi connectivity index (χ1) is 16.2. The van der Waals surface area contributed by atoms with Crippen LogP contribution in [0.5, 0.6) is 5.75 Å². The molecule has 3 saturated heterocycles. The number of ether oxygens (including phenoxy) is 1. The highest BCUT2D eigenvalue weighted by Crippen LogP contribution is 2.61. The molecular formula is C26H26ClN3O4. The Bertz CT molecular complexity index is 1310. The van der Waals surface area contributed by atoms with Crippen LogP contribution in [0.1, 0.15) is 35.1 Å². The Morgan fingerprint density at radius 2 is 1.85 bits per heavy atom. The van der Waals surface area contributed by atoms with E-state index >= 15 is 0 Å². The standard InChI is InChI=1S/C26H26ClN3O4/c1-12-7-8-15-22(14(12)3)28-25(33)26(15)21-20(17-6-5-9-29(17)26)23(31)30(24(21)32)18-10-13(2)16(27)11-19(18)34-4/h7-8,10-11,17,20-21H,5-6,9H2,1-4H3,(H,28,33)/t17-,20+,21+,26+/m0/s1. The molecule has 3 fully saturated rings. The Hall–Kier alpha value is -2.90. The second-order valence-electron chi connectivity index (χ2n) is 9.84. The molecule has 8 heteroatoms. The smallest absolute Gasteiger partial charge is 0.250 e. The van der Waals surface area contributed by atoms with E-state index in [9.17, 15) is 14.4 Å². The number of methoxy groups -OCH3 is 1. The van der Waals surface area contributed by atoms with Gasteiger partial charge in [0.15, 0.2) is 0 Å². The van der Waals surface area contributed by atoms with Crippen LogP contribution in [0, 0.1) is 32.6 Å². The molecule has 2 aromatic carbocycles. The van der Waals surface area contributed by atoms with Crippen LogP contribution in [-0.2, 0) is 19.9 Å². The first-order valence-electron chi connectivity index (χ1n) is 11.6. The Morgan fingerprint density at radius 3 is 2.59 bits per heavy atom. The van der Waals surface area contributed by atoms with Crippen molar-refractivity contribution in [3.05, 3.63) is 51.5 Å². The molecule has 4 aliphatic heterocycles. The first kappa shape index (κ1) is 21.6. The van der Waals surface area contributed by atoms with E-state index in [2.05, 4.69) is 10.2 Å². The highest BCUT2D eigenvalue weighted by molar-refractivity contribution is 6.32. The molecule has 3 amide bonds. The summed E-state index contributed by atoms with van der Waals surface area (Å²) in [5.41, 5.74) is 3.58. The van der Waals surface area contributed by atoms with E-state index in [-0.39, 0.29) is 23.8 Å². The Morgan fingerprint density at radius 1 is 1.09 bits per heavy atom. The van der Waals surface area contributed by atoms with Gasteiger partial charge in [-0.15, -0.1) is 0 Å². The van der Waals surface area contributed by atoms with E-state index in [0.717, 1.165) is 40.8 Å². The number of nitrogens with zero attached hydrogens (tertiary/aromatic N) is 2. The zero-order valence-electron chi connectivity index (χ0n) is 19.6. The molecule has 4 heterocycles. The van der Waals surface area contributed by atoms with E-state index in [4.69, 9.17) is 16.3 Å². The summed E-state index contributed by atoms with van der Waals surface area (Å²) >= 11 is 6.29. The molecule has 176 valence electrons. The predicted octanol–water partition coefficient (Wildman–Crippen LogP) is 3.71. The zero-order chi connectivity index (χ0) is 24.1. The molecule has 0 aromatic heterocycles. The van der Waals surface area contributed by atoms with Gasteiger partial charge in [0.25, 0.3) is 0 Å². The minimum Gasteiger partial charge on any atom is -0.495 e. The second-order valence-corrected chi connectivity index (χ2v) is 10.2. The number of aryl methyl sites for hydroxylation is 2. The van der Waals surface area contributed by atoms with Gasteiger partial charge in [-0.2, -0.15) is 0 Å². The fraction of sp³-hybridized carbons (Fsp3) is 0.423. The van der Waals surface area contributed by atoms with Gasteiger partial charge in [0.2, 0.25) is 17.7 Å². The van der Waals surface area contributed by atoms with Gasteiger partial charge in [-0.25, -0.2) is 4.90 Å². The van der Waals surface area contributed by atoms with Crippen LogP contribution < -0.4 is 15.0 Å². The number of halogens is 1. The predicted molar refractivity (Wildman–Crippen MR) is 128 cm³/mol. The lowest BCUT2D eigenvalue weighted by molar-refractivity contribution is -0.135. The number of nitrogens with one attached hydrogen (secondary N) is 1. The highest BCUT2D eigenvalue weighted by atomic mass is 35.5. The fourth-order valence-electron chi connectivity index (χ4n) is 6.74. The van der Waals surface area contributed by atoms with E-state index in [0.29, 0.717) is 23.0 Å². The van der Waals surface area contributed by atoms with Gasteiger partial charge in [0, 0.05) is 28.4 Å². The second kappa shape index (κ2) is 7.06. The summed E-state index contributed by atoms with van der Waals surface area (Å²) < 4.78 is 5.50. The lowest BCUT2D eigenvalue weighted by Crippen LogP contribution is -2.54. The normalized spacial score (nSPS) is 29.6. The molecule has 2 aromatic rings. The van der Waals surface area contributed by atoms with Crippen molar-refractivity contribution in [1.29, 1.82) is 0 Å². The highest BCUT2D eigenvalue weighted by Gasteiger charge is 2.74. The van der Waals surface area contributed by atoms with Crippen LogP contribution in [0.2, 0.25) is 5.02 Å². The number of hydrogen-bond donors (Lipinski definition) is 1. The van der Waals surface area contributed by atoms with E-state index in [1.54, 1.807) is 12.1 Å². The number of imide groups is 1. The molecule has 6 rings (SSSR count). The third-order valence-corrected chi connectivity index (χ3v) is 8.81. The van der Waals surface area contributed by atoms with Gasteiger partial charge >= 0.3 is 0 Å². The molecule has 0 saturated carbocycles. The third-order valence-electron chi connectivity index (χ3n) is 8.40. The first-order valence-corrected chi connectivity index (χ1v) is 12.0. The number of benzene rings is 2. The molecule has 4 aliphatic rings. The lowest BCUT2D eigenvalue weighted by Gasteiger charge is -2.36. The molecular weight excluding hydrogens is 454 g/mol. The van der Waals surface area contributed by atoms with Gasteiger partial charge in [-0.1, -0.05) is 23.7 Å². The van der Waals surface area contributed by atoms with Crippen molar-refractivity contribution in [3.63, 3.8) is 0 Å². The van der Waals surface area contributed by atoms with Crippen LogP contribution in [0.3, 0.4) is 0 Å². The van der Waals surface area contributed by atoms with Crippen molar-refractivity contribution in [2.24, 2.45) is 11.8 Å². The number of amides is 3. The minimum atomic E-state index is -1.18. The topological polar surface area (TPSA) is 79.0 Å². The molecule has 4 atom stereocenters. The fourth-order valence-corrected chi connectivity index (χ4v) is 6.90. The van der Waals surface area contributed by atoms with Crippen molar-refractivity contribution < 1.29 is 19.1 Å². The van der Waals surface area contributed by atoms with Crippen LogP contribution in [0.4, 0.5) is 11.4 Å². The molecule has 0 aliphatic carbocycles. The molecule has 1 spiro atoms. The molecule has 0 radical (unpaired) electrons. The summed E-state index contributed by atoms with van der Waals surface area (Å²) in [4.78, 5) is 45.3. The minimum absolute atomic E-state index is 0.163. The monoisotopic (exact) mass is 479 g/mol. The summed E-state index contributed by atoms with van der Waals surface area (Å²) in [6, 6.07) is 7.14. The Balaban J connectivity index is 1.57. The van der Waals surface area contributed by atoms with Crippen LogP contribution in [-0.4, -0.2) is 42.3 Å². The maximum absolute atomic E-state index is 14.2. The summed E-state index contributed by atoms with van der Waals surface area (Å²) in [7, 11) is 1.49. The number of fused-ring (bicyclic) bond motifs is 7. The largest absolute Gasteiger partial charge is 0.495 e. The zero-order valence-corrected chi connectivity index (χ0v) is 20.3. The number of rotatable bonds is 2. The lowest BCUT2D eigenvalue weighted by atomic mass is 9.75. The van der Waals surface area contributed by atoms with Gasteiger partial charge in [0.1, 0.15) is 11.3 Å². The maximum atomic E-state index is 14.2. The van der Waals surface area contributed by atoms with Crippen LogP contribution >= 0.6 is 11.6 Å². The number of carbonyl (C=O) groups is 3. The molecule has 7 nitrogen and oxygen atoms in total. The average molecular weight is 480 g/mol. The Kier molecular flexibility index (Phi) is 4.49. The van der Waals surface area contributed by atoms with Crippen molar-refractivity contribution in [3.8, 4) is 5.75 Å². The van der Waals surface area contributed by atoms with E-state index in [1.807, 2.05) is 32.9 Å². The third kappa shape index (κ3) is 2.39. The van der Waals surface area contributed by atoms with Crippen molar-refractivity contribution in [2.45, 2.75) is 45.2 Å². The van der Waals surface area contributed by atoms with Crippen LogP contribution in [0.25, 0.3) is 0 Å². The van der Waals surface area contributed by atoms with Gasteiger partial charge in [-0.05, 0) is 62.9 Å². The Labute approximate surface area is 203 Å². The van der Waals surface area contributed by atoms with Crippen molar-refractivity contribution >= 4 is 40.7 Å². The summed E-state index contributed by atoms with van der Waals surface area (Å²) in [5, 5.41) is 3.58. The van der Waals surface area contributed by atoms with E-state index in [1.165, 1.54) is 12.0 Å². The quantitative estimate of drug-likeness (QED) is 0.664. The SMILES string of the molecule is COc1cc(Cl)c(C)cc1N1C(=O)[C@@H]2[C@@H]3CCCN3[C@@]3(C(=O)Nc4c3ccc(C)c4C)[C@H]2C1=O.